The third-order valence-electron chi connectivity index (χ3n) is 9.30. The lowest BCUT2D eigenvalue weighted by Crippen LogP contribution is -2.51. The molecule has 2 fully saturated rings. The molecule has 2 aliphatic rings. The molecule has 2 N–H and O–H groups in total. The summed E-state index contributed by atoms with van der Waals surface area (Å²) in [6.07, 6.45) is 4.10. The zero-order valence-electron chi connectivity index (χ0n) is 28.3. The van der Waals surface area contributed by atoms with E-state index in [1.807, 2.05) is 54.3 Å². The molecule has 0 spiro atoms. The van der Waals surface area contributed by atoms with Crippen LogP contribution in [0, 0.1) is 18.3 Å². The number of benzene rings is 3. The highest BCUT2D eigenvalue weighted by Crippen LogP contribution is 2.37. The van der Waals surface area contributed by atoms with E-state index in [9.17, 15) is 25.1 Å². The SMILES string of the molecule is Cc1c(COc2cc(OCc3cncc(C#N)c3)c(CN3CCC3C(=O)O)cc2Cl)cccc1-c1cccc(OCCC(=O)N2CCC(O)C2)c1. The van der Waals surface area contributed by atoms with Crippen molar-refractivity contribution in [2.24, 2.45) is 0 Å². The van der Waals surface area contributed by atoms with Crippen LogP contribution >= 0.6 is 11.6 Å². The van der Waals surface area contributed by atoms with Crippen LogP contribution in [0.4, 0.5) is 0 Å². The van der Waals surface area contributed by atoms with E-state index in [1.54, 1.807) is 29.3 Å². The number of carboxylic acids is 1. The van der Waals surface area contributed by atoms with Crippen molar-refractivity contribution in [3.8, 4) is 34.4 Å². The second kappa shape index (κ2) is 16.2. The van der Waals surface area contributed by atoms with E-state index in [4.69, 9.17) is 25.8 Å². The average Bonchev–Trinajstić information content (AvgIpc) is 3.55. The standard InChI is InChI=1S/C39H39ClN4O7/c1-25-29(5-3-7-33(25)28-4-2-6-32(15-28)49-13-10-38(46)44-11-8-31(45)22-44)24-51-37-17-36(50-23-27-14-26(18-41)19-42-20-27)30(16-34(37)40)21-43-12-9-35(43)39(47)48/h2-7,14-17,19-20,31,35,45H,8-13,21-24H2,1H3,(H,47,48). The quantitative estimate of drug-likeness (QED) is 0.166. The van der Waals surface area contributed by atoms with Crippen molar-refractivity contribution in [1.82, 2.24) is 14.8 Å². The lowest BCUT2D eigenvalue weighted by atomic mass is 9.96. The average molecular weight is 711 g/mol. The number of hydrogen-bond acceptors (Lipinski definition) is 9. The molecule has 0 radical (unpaired) electrons. The van der Waals surface area contributed by atoms with Gasteiger partial charge in [-0.2, -0.15) is 5.26 Å². The number of rotatable bonds is 14. The lowest BCUT2D eigenvalue weighted by molar-refractivity contribution is -0.148. The van der Waals surface area contributed by atoms with Gasteiger partial charge in [-0.15, -0.1) is 0 Å². The monoisotopic (exact) mass is 710 g/mol. The van der Waals surface area contributed by atoms with Gasteiger partial charge in [-0.05, 0) is 66.3 Å². The number of aliphatic carboxylic acids is 1. The van der Waals surface area contributed by atoms with Crippen LogP contribution in [-0.2, 0) is 29.3 Å². The maximum Gasteiger partial charge on any atom is 0.320 e. The highest BCUT2D eigenvalue weighted by molar-refractivity contribution is 6.32. The first-order chi connectivity index (χ1) is 24.7. The zero-order valence-corrected chi connectivity index (χ0v) is 29.0. The van der Waals surface area contributed by atoms with Gasteiger partial charge >= 0.3 is 5.97 Å². The van der Waals surface area contributed by atoms with Gasteiger partial charge in [0.2, 0.25) is 5.91 Å². The Labute approximate surface area is 301 Å². The summed E-state index contributed by atoms with van der Waals surface area (Å²) in [6.45, 7) is 4.58. The predicted octanol–water partition coefficient (Wildman–Crippen LogP) is 5.76. The maximum atomic E-state index is 12.5. The van der Waals surface area contributed by atoms with Gasteiger partial charge in [-0.3, -0.25) is 19.5 Å². The fourth-order valence-electron chi connectivity index (χ4n) is 6.31. The molecule has 0 bridgehead atoms. The molecule has 0 aliphatic carbocycles. The number of β-amino-alcohol motifs (C(OH)–C–C–N with tert-alkyl or cyclic N) is 1. The van der Waals surface area contributed by atoms with Crippen molar-refractivity contribution in [2.75, 3.05) is 26.2 Å². The second-order valence-corrected chi connectivity index (χ2v) is 13.2. The van der Waals surface area contributed by atoms with Gasteiger partial charge < -0.3 is 29.3 Å². The van der Waals surface area contributed by atoms with E-state index < -0.39 is 18.1 Å². The second-order valence-electron chi connectivity index (χ2n) is 12.8. The molecule has 0 saturated carbocycles. The van der Waals surface area contributed by atoms with Gasteiger partial charge in [0.25, 0.3) is 0 Å². The van der Waals surface area contributed by atoms with Gasteiger partial charge in [-0.25, -0.2) is 0 Å². The Hall–Kier alpha value is -5.15. The molecule has 264 valence electrons. The summed E-state index contributed by atoms with van der Waals surface area (Å²) in [4.78, 5) is 31.8. The normalized spacial score (nSPS) is 17.0. The molecule has 11 nitrogen and oxygen atoms in total. The minimum Gasteiger partial charge on any atom is -0.493 e. The number of carbonyl (C=O) groups excluding carboxylic acids is 1. The number of aromatic nitrogens is 1. The van der Waals surface area contributed by atoms with Crippen molar-refractivity contribution in [1.29, 1.82) is 5.26 Å². The fourth-order valence-corrected chi connectivity index (χ4v) is 6.55. The van der Waals surface area contributed by atoms with Gasteiger partial charge in [-0.1, -0.05) is 41.9 Å². The molecule has 3 aromatic carbocycles. The Balaban J connectivity index is 1.15. The zero-order chi connectivity index (χ0) is 35.9. The number of aliphatic hydroxyl groups excluding tert-OH is 1. The van der Waals surface area contributed by atoms with Crippen LogP contribution in [-0.4, -0.2) is 75.3 Å². The van der Waals surface area contributed by atoms with Gasteiger partial charge in [0.05, 0.1) is 29.7 Å². The molecular formula is C39H39ClN4O7. The van der Waals surface area contributed by atoms with Crippen LogP contribution < -0.4 is 14.2 Å². The minimum atomic E-state index is -0.863. The highest BCUT2D eigenvalue weighted by atomic mass is 35.5. The molecule has 2 aliphatic heterocycles. The van der Waals surface area contributed by atoms with Crippen LogP contribution in [0.25, 0.3) is 11.1 Å². The topological polar surface area (TPSA) is 145 Å². The first-order valence-corrected chi connectivity index (χ1v) is 17.2. The Kier molecular flexibility index (Phi) is 11.4. The van der Waals surface area contributed by atoms with E-state index in [0.717, 1.165) is 27.8 Å². The molecule has 6 rings (SSSR count). The molecule has 1 amide bonds. The first kappa shape index (κ1) is 35.7. The third kappa shape index (κ3) is 8.78. The number of aliphatic hydroxyl groups is 1. The van der Waals surface area contributed by atoms with E-state index in [0.29, 0.717) is 72.4 Å². The largest absolute Gasteiger partial charge is 0.493 e. The van der Waals surface area contributed by atoms with E-state index in [1.165, 1.54) is 6.20 Å². The number of nitriles is 1. The van der Waals surface area contributed by atoms with Crippen LogP contribution in [0.2, 0.25) is 5.02 Å². The number of hydrogen-bond donors (Lipinski definition) is 2. The number of likely N-dealkylation sites (tertiary alicyclic amines) is 2. The van der Waals surface area contributed by atoms with E-state index in [2.05, 4.69) is 11.1 Å². The molecule has 2 saturated heterocycles. The number of carboxylic acid groups (broad SMARTS) is 1. The maximum absolute atomic E-state index is 12.5. The molecule has 3 heterocycles. The van der Waals surface area contributed by atoms with Crippen molar-refractivity contribution in [3.63, 3.8) is 0 Å². The number of ether oxygens (including phenoxy) is 3. The summed E-state index contributed by atoms with van der Waals surface area (Å²) >= 11 is 6.75. The van der Waals surface area contributed by atoms with Gasteiger partial charge in [0.15, 0.2) is 0 Å². The van der Waals surface area contributed by atoms with Crippen molar-refractivity contribution >= 4 is 23.5 Å². The summed E-state index contributed by atoms with van der Waals surface area (Å²) in [7, 11) is 0. The van der Waals surface area contributed by atoms with E-state index in [-0.39, 0.29) is 32.1 Å². The van der Waals surface area contributed by atoms with Crippen LogP contribution in [0.15, 0.2) is 73.1 Å². The number of halogens is 1. The predicted molar refractivity (Wildman–Crippen MR) is 189 cm³/mol. The first-order valence-electron chi connectivity index (χ1n) is 16.8. The Morgan fingerprint density at radius 3 is 2.55 bits per heavy atom. The lowest BCUT2D eigenvalue weighted by Gasteiger charge is -2.38. The number of nitrogens with zero attached hydrogens (tertiary/aromatic N) is 4. The molecule has 12 heteroatoms. The summed E-state index contributed by atoms with van der Waals surface area (Å²) in [5, 5.41) is 28.9. The number of amides is 1. The van der Waals surface area contributed by atoms with Crippen molar-refractivity contribution in [3.05, 3.63) is 106 Å². The Bertz CT molecular complexity index is 1950. The van der Waals surface area contributed by atoms with Crippen LogP contribution in [0.5, 0.6) is 17.2 Å². The summed E-state index contributed by atoms with van der Waals surface area (Å²) in [5.41, 5.74) is 5.78. The molecular weight excluding hydrogens is 672 g/mol. The number of pyridine rings is 1. The van der Waals surface area contributed by atoms with Crippen molar-refractivity contribution < 1.29 is 34.0 Å². The molecule has 2 unspecified atom stereocenters. The molecule has 1 aromatic heterocycles. The minimum absolute atomic E-state index is 0.0228. The Morgan fingerprint density at radius 1 is 0.980 bits per heavy atom. The third-order valence-corrected chi connectivity index (χ3v) is 9.59. The van der Waals surface area contributed by atoms with E-state index >= 15 is 0 Å². The summed E-state index contributed by atoms with van der Waals surface area (Å²) in [5.74, 6) is 0.680. The highest BCUT2D eigenvalue weighted by Gasteiger charge is 2.34. The van der Waals surface area contributed by atoms with Gasteiger partial charge in [0.1, 0.15) is 42.6 Å². The summed E-state index contributed by atoms with van der Waals surface area (Å²) < 4.78 is 18.4. The smallest absolute Gasteiger partial charge is 0.320 e. The fraction of sp³-hybridized carbons (Fsp3) is 0.333. The number of carbonyl (C=O) groups is 2. The van der Waals surface area contributed by atoms with Crippen molar-refractivity contribution in [2.45, 2.75) is 58.1 Å². The molecule has 2 atom stereocenters. The molecule has 4 aromatic rings. The van der Waals surface area contributed by atoms with Crippen LogP contribution in [0.1, 0.15) is 47.1 Å². The summed E-state index contributed by atoms with van der Waals surface area (Å²) in [6, 6.07) is 20.4. The van der Waals surface area contributed by atoms with Gasteiger partial charge in [0, 0.05) is 55.8 Å². The molecule has 51 heavy (non-hydrogen) atoms. The van der Waals surface area contributed by atoms with Crippen LogP contribution in [0.3, 0.4) is 0 Å². The Morgan fingerprint density at radius 2 is 1.80 bits per heavy atom.